The van der Waals surface area contributed by atoms with E-state index < -0.39 is 5.97 Å². The number of carboxylic acid groups (broad SMARTS) is 1. The van der Waals surface area contributed by atoms with E-state index in [0.29, 0.717) is 24.5 Å². The summed E-state index contributed by atoms with van der Waals surface area (Å²) in [6, 6.07) is 14.9. The molecule has 0 aliphatic rings. The van der Waals surface area contributed by atoms with E-state index in [2.05, 4.69) is 15.6 Å². The molecule has 0 aliphatic heterocycles. The number of ether oxygens (including phenoxy) is 1. The number of hydrogen-bond donors (Lipinski definition) is 2. The quantitative estimate of drug-likeness (QED) is 0.403. The Hall–Kier alpha value is -3.65. The van der Waals surface area contributed by atoms with Gasteiger partial charge in [0.15, 0.2) is 0 Å². The summed E-state index contributed by atoms with van der Waals surface area (Å²) < 4.78 is 7.30. The van der Waals surface area contributed by atoms with Crippen molar-refractivity contribution >= 4 is 11.7 Å². The average Bonchev–Trinajstić information content (AvgIpc) is 3.26. The van der Waals surface area contributed by atoms with E-state index in [-0.39, 0.29) is 6.42 Å². The van der Waals surface area contributed by atoms with Gasteiger partial charge in [-0.25, -0.2) is 9.67 Å². The molecule has 0 spiro atoms. The fourth-order valence-corrected chi connectivity index (χ4v) is 2.67. The van der Waals surface area contributed by atoms with Crippen LogP contribution in [0.2, 0.25) is 0 Å². The van der Waals surface area contributed by atoms with E-state index in [1.807, 2.05) is 37.3 Å². The Morgan fingerprint density at radius 3 is 2.72 bits per heavy atom. The number of benzene rings is 2. The van der Waals surface area contributed by atoms with Crippen LogP contribution in [0.1, 0.15) is 18.1 Å². The molecular weight excluding hydrogens is 372 g/mol. The first-order valence-corrected chi connectivity index (χ1v) is 9.09. The molecule has 1 heterocycles. The van der Waals surface area contributed by atoms with Crippen LogP contribution in [0.4, 0.5) is 0 Å². The van der Waals surface area contributed by atoms with Crippen LogP contribution in [0.15, 0.2) is 67.3 Å². The van der Waals surface area contributed by atoms with Crippen LogP contribution < -0.4 is 10.2 Å². The number of nitrogens with one attached hydrogen (secondary N) is 1. The Balaban J connectivity index is 1.45. The fourth-order valence-electron chi connectivity index (χ4n) is 2.67. The second kappa shape index (κ2) is 10.0. The van der Waals surface area contributed by atoms with E-state index in [0.717, 1.165) is 16.9 Å². The minimum atomic E-state index is -0.872. The number of rotatable bonds is 10. The van der Waals surface area contributed by atoms with Gasteiger partial charge >= 0.3 is 5.97 Å². The highest BCUT2D eigenvalue weighted by Gasteiger charge is 2.04. The molecule has 2 aromatic carbocycles. The van der Waals surface area contributed by atoms with Crippen molar-refractivity contribution in [2.75, 3.05) is 13.2 Å². The van der Waals surface area contributed by atoms with Crippen LogP contribution >= 0.6 is 0 Å². The first kappa shape index (κ1) is 20.1. The van der Waals surface area contributed by atoms with E-state index in [4.69, 9.17) is 14.7 Å². The van der Waals surface area contributed by atoms with Crippen LogP contribution in [-0.2, 0) is 16.1 Å². The average molecular weight is 394 g/mol. The van der Waals surface area contributed by atoms with E-state index in [1.165, 1.54) is 6.33 Å². The Kier molecular flexibility index (Phi) is 6.96. The molecule has 1 aromatic heterocycles. The smallest absolute Gasteiger partial charge is 0.307 e. The fraction of sp³-hybridized carbons (Fsp3) is 0.190. The van der Waals surface area contributed by atoms with Gasteiger partial charge in [0.05, 0.1) is 17.8 Å². The van der Waals surface area contributed by atoms with Crippen LogP contribution in [0.25, 0.3) is 11.4 Å². The molecular formula is C21H22N4O4. The molecule has 8 heteroatoms. The third-order valence-electron chi connectivity index (χ3n) is 4.04. The Bertz CT molecular complexity index is 953. The lowest BCUT2D eigenvalue weighted by Gasteiger charge is -2.12. The highest BCUT2D eigenvalue weighted by atomic mass is 16.7. The Labute approximate surface area is 168 Å². The highest BCUT2D eigenvalue weighted by molar-refractivity contribution is 5.70. The number of allylic oxidation sites excluding steroid dienone is 1. The van der Waals surface area contributed by atoms with Crippen molar-refractivity contribution in [1.29, 1.82) is 0 Å². The van der Waals surface area contributed by atoms with Crippen molar-refractivity contribution < 1.29 is 19.5 Å². The Morgan fingerprint density at radius 1 is 1.21 bits per heavy atom. The van der Waals surface area contributed by atoms with Crippen LogP contribution in [0, 0.1) is 0 Å². The maximum Gasteiger partial charge on any atom is 0.307 e. The van der Waals surface area contributed by atoms with Gasteiger partial charge in [-0.05, 0) is 42.3 Å². The number of nitrogens with zero attached hydrogens (tertiary/aromatic N) is 3. The van der Waals surface area contributed by atoms with Crippen molar-refractivity contribution in [1.82, 2.24) is 20.2 Å². The molecule has 0 saturated carbocycles. The van der Waals surface area contributed by atoms with Gasteiger partial charge in [0, 0.05) is 0 Å². The number of aliphatic carboxylic acids is 1. The van der Waals surface area contributed by atoms with Crippen molar-refractivity contribution in [2.45, 2.75) is 13.3 Å². The number of hydrogen-bond acceptors (Lipinski definition) is 6. The van der Waals surface area contributed by atoms with Crippen LogP contribution in [0.5, 0.6) is 5.75 Å². The lowest BCUT2D eigenvalue weighted by Crippen LogP contribution is -2.18. The van der Waals surface area contributed by atoms with Crippen molar-refractivity contribution in [3.63, 3.8) is 0 Å². The molecule has 3 rings (SSSR count). The summed E-state index contributed by atoms with van der Waals surface area (Å²) in [6.07, 6.45) is 5.02. The third kappa shape index (κ3) is 5.91. The zero-order valence-electron chi connectivity index (χ0n) is 16.0. The molecule has 29 heavy (non-hydrogen) atoms. The second-order valence-electron chi connectivity index (χ2n) is 6.11. The van der Waals surface area contributed by atoms with Gasteiger partial charge < -0.3 is 9.84 Å². The summed E-state index contributed by atoms with van der Waals surface area (Å²) in [4.78, 5) is 20.2. The number of carbonyl (C=O) groups is 1. The lowest BCUT2D eigenvalue weighted by atomic mass is 10.1. The molecule has 0 fully saturated rings. The monoisotopic (exact) mass is 394 g/mol. The third-order valence-corrected chi connectivity index (χ3v) is 4.04. The molecule has 0 atom stereocenters. The summed E-state index contributed by atoms with van der Waals surface area (Å²) in [5.74, 6) is -0.259. The topological polar surface area (TPSA) is 98.5 Å². The first-order valence-electron chi connectivity index (χ1n) is 9.09. The van der Waals surface area contributed by atoms with Gasteiger partial charge in [-0.15, -0.1) is 0 Å². The number of aromatic nitrogens is 3. The standard InChI is InChI=1S/C21H22N4O4/c1-2-20(17-6-8-18(9-7-17)25-15-22-14-23-25)24-29-11-10-28-19-5-3-4-16(12-19)13-21(26)27/h2-9,12,14-15,24H,10-11,13H2,1H3,(H,26,27). The molecule has 150 valence electrons. The zero-order chi connectivity index (χ0) is 20.5. The van der Waals surface area contributed by atoms with Gasteiger partial charge in [-0.3, -0.25) is 15.1 Å². The highest BCUT2D eigenvalue weighted by Crippen LogP contribution is 2.15. The Morgan fingerprint density at radius 2 is 2.03 bits per heavy atom. The molecule has 0 bridgehead atoms. The summed E-state index contributed by atoms with van der Waals surface area (Å²) in [5.41, 5.74) is 6.35. The summed E-state index contributed by atoms with van der Waals surface area (Å²) in [7, 11) is 0. The van der Waals surface area contributed by atoms with Crippen LogP contribution in [-0.4, -0.2) is 39.1 Å². The normalized spacial score (nSPS) is 11.3. The second-order valence-corrected chi connectivity index (χ2v) is 6.11. The van der Waals surface area contributed by atoms with Gasteiger partial charge in [-0.1, -0.05) is 30.3 Å². The minimum Gasteiger partial charge on any atom is -0.491 e. The van der Waals surface area contributed by atoms with Gasteiger partial charge in [0.1, 0.15) is 31.6 Å². The molecule has 8 nitrogen and oxygen atoms in total. The summed E-state index contributed by atoms with van der Waals surface area (Å²) >= 11 is 0. The zero-order valence-corrected chi connectivity index (χ0v) is 16.0. The van der Waals surface area contributed by atoms with Crippen molar-refractivity contribution in [2.24, 2.45) is 0 Å². The predicted molar refractivity (Wildman–Crippen MR) is 107 cm³/mol. The predicted octanol–water partition coefficient (Wildman–Crippen LogP) is 2.86. The lowest BCUT2D eigenvalue weighted by molar-refractivity contribution is -0.136. The maximum absolute atomic E-state index is 10.8. The van der Waals surface area contributed by atoms with E-state index in [9.17, 15) is 4.79 Å². The van der Waals surface area contributed by atoms with E-state index in [1.54, 1.807) is 35.3 Å². The summed E-state index contributed by atoms with van der Waals surface area (Å²) in [6.45, 7) is 2.56. The molecule has 3 aromatic rings. The van der Waals surface area contributed by atoms with Crippen LogP contribution in [0.3, 0.4) is 0 Å². The van der Waals surface area contributed by atoms with Gasteiger partial charge in [-0.2, -0.15) is 5.10 Å². The van der Waals surface area contributed by atoms with Crippen molar-refractivity contribution in [3.8, 4) is 11.4 Å². The van der Waals surface area contributed by atoms with Crippen molar-refractivity contribution in [3.05, 3.63) is 78.4 Å². The molecule has 0 saturated heterocycles. The minimum absolute atomic E-state index is 0.0321. The van der Waals surface area contributed by atoms with E-state index >= 15 is 0 Å². The molecule has 0 aliphatic carbocycles. The summed E-state index contributed by atoms with van der Waals surface area (Å²) in [5, 5.41) is 13.0. The molecule has 2 N–H and O–H groups in total. The van der Waals surface area contributed by atoms with Gasteiger partial charge in [0.2, 0.25) is 0 Å². The number of hydroxylamine groups is 1. The SMILES string of the molecule is CC=C(NOCCOc1cccc(CC(=O)O)c1)c1ccc(-n2cncn2)cc1. The number of carboxylic acids is 1. The largest absolute Gasteiger partial charge is 0.491 e. The first-order chi connectivity index (χ1) is 14.2. The molecule has 0 unspecified atom stereocenters. The van der Waals surface area contributed by atoms with Gasteiger partial charge in [0.25, 0.3) is 0 Å². The molecule has 0 amide bonds. The maximum atomic E-state index is 10.8. The molecule has 0 radical (unpaired) electrons.